The van der Waals surface area contributed by atoms with E-state index in [4.69, 9.17) is 0 Å². The lowest BCUT2D eigenvalue weighted by Gasteiger charge is -2.62. The average molecular weight is 303 g/mol. The van der Waals surface area contributed by atoms with Crippen molar-refractivity contribution in [3.63, 3.8) is 0 Å². The summed E-state index contributed by atoms with van der Waals surface area (Å²) < 4.78 is 0. The summed E-state index contributed by atoms with van der Waals surface area (Å²) in [5.74, 6) is 6.29. The van der Waals surface area contributed by atoms with E-state index in [1.807, 2.05) is 0 Å². The summed E-state index contributed by atoms with van der Waals surface area (Å²) in [6, 6.07) is 0. The van der Waals surface area contributed by atoms with Crippen LogP contribution in [0.4, 0.5) is 0 Å². The van der Waals surface area contributed by atoms with Crippen molar-refractivity contribution in [1.82, 2.24) is 0 Å². The van der Waals surface area contributed by atoms with Crippen LogP contribution in [0.15, 0.2) is 0 Å². The van der Waals surface area contributed by atoms with Crippen molar-refractivity contribution in [2.24, 2.45) is 46.3 Å². The third-order valence-corrected chi connectivity index (χ3v) is 9.90. The smallest absolute Gasteiger partial charge is 0.0241 e. The highest BCUT2D eigenvalue weighted by Gasteiger charge is 2.60. The molecule has 0 N–H and O–H groups in total. The Labute approximate surface area is 138 Å². The second-order valence-electron chi connectivity index (χ2n) is 10.1. The molecule has 4 aliphatic rings. The Bertz CT molecular complexity index is 426. The Balaban J connectivity index is 1.65. The van der Waals surface area contributed by atoms with Crippen LogP contribution in [0.2, 0.25) is 0 Å². The van der Waals surface area contributed by atoms with Gasteiger partial charge in [-0.3, -0.25) is 0 Å². The minimum Gasteiger partial charge on any atom is -0.0651 e. The zero-order valence-electron chi connectivity index (χ0n) is 15.5. The Morgan fingerprint density at radius 1 is 0.864 bits per heavy atom. The Morgan fingerprint density at radius 3 is 2.45 bits per heavy atom. The summed E-state index contributed by atoms with van der Waals surface area (Å²) in [4.78, 5) is 0. The van der Waals surface area contributed by atoms with E-state index in [2.05, 4.69) is 27.7 Å². The maximum Gasteiger partial charge on any atom is -0.0241 e. The van der Waals surface area contributed by atoms with Gasteiger partial charge in [0.25, 0.3) is 0 Å². The van der Waals surface area contributed by atoms with E-state index >= 15 is 0 Å². The van der Waals surface area contributed by atoms with Gasteiger partial charge in [-0.1, -0.05) is 47.0 Å². The first-order chi connectivity index (χ1) is 10.5. The van der Waals surface area contributed by atoms with Crippen LogP contribution in [0.25, 0.3) is 0 Å². The fourth-order valence-electron chi connectivity index (χ4n) is 8.45. The fourth-order valence-corrected chi connectivity index (χ4v) is 8.45. The number of rotatable bonds is 1. The van der Waals surface area contributed by atoms with E-state index in [0.29, 0.717) is 10.8 Å². The summed E-state index contributed by atoms with van der Waals surface area (Å²) in [5, 5.41) is 0. The minimum absolute atomic E-state index is 0.687. The Hall–Kier alpha value is 0. The second kappa shape index (κ2) is 5.25. The van der Waals surface area contributed by atoms with Gasteiger partial charge in [-0.2, -0.15) is 0 Å². The molecule has 0 aromatic heterocycles. The Kier molecular flexibility index (Phi) is 3.70. The molecule has 0 spiro atoms. The molecule has 0 aromatic rings. The van der Waals surface area contributed by atoms with Crippen molar-refractivity contribution in [3.8, 4) is 0 Å². The number of fused-ring (bicyclic) bond motifs is 5. The van der Waals surface area contributed by atoms with Gasteiger partial charge >= 0.3 is 0 Å². The van der Waals surface area contributed by atoms with Gasteiger partial charge in [0.15, 0.2) is 0 Å². The summed E-state index contributed by atoms with van der Waals surface area (Å²) in [6.45, 7) is 10.5. The van der Waals surface area contributed by atoms with Crippen LogP contribution in [0.1, 0.15) is 91.9 Å². The van der Waals surface area contributed by atoms with Crippen LogP contribution in [0, 0.1) is 46.3 Å². The molecular weight excluding hydrogens is 264 g/mol. The Morgan fingerprint density at radius 2 is 1.68 bits per heavy atom. The largest absolute Gasteiger partial charge is 0.0651 e. The molecular formula is C22H38. The maximum atomic E-state index is 2.73. The standard InChI is InChI=1S/C22H38/c1-5-16-10-12-19-18-11-9-17-8-6-7-15(2)22(17,4)20(18)13-14-21(16,19)3/h15-20H,5-14H2,1-4H3/t15?,16-,17+,18-,19-,20-,21+,22-/m0/s1. The molecule has 0 nitrogen and oxygen atoms in total. The van der Waals surface area contributed by atoms with Gasteiger partial charge in [0, 0.05) is 0 Å². The molecule has 0 bridgehead atoms. The molecule has 22 heavy (non-hydrogen) atoms. The normalized spacial score (nSPS) is 57.8. The van der Waals surface area contributed by atoms with E-state index in [1.165, 1.54) is 25.7 Å². The summed E-state index contributed by atoms with van der Waals surface area (Å²) in [5.41, 5.74) is 1.39. The molecule has 0 heterocycles. The summed E-state index contributed by atoms with van der Waals surface area (Å²) in [6.07, 6.45) is 15.3. The molecule has 0 aliphatic heterocycles. The molecule has 0 heteroatoms. The van der Waals surface area contributed by atoms with Gasteiger partial charge in [-0.05, 0) is 91.3 Å². The predicted molar refractivity (Wildman–Crippen MR) is 94.7 cm³/mol. The molecule has 1 unspecified atom stereocenters. The van der Waals surface area contributed by atoms with E-state index in [-0.39, 0.29) is 0 Å². The fraction of sp³-hybridized carbons (Fsp3) is 1.00. The molecule has 4 rings (SSSR count). The van der Waals surface area contributed by atoms with E-state index in [1.54, 1.807) is 38.5 Å². The van der Waals surface area contributed by atoms with Crippen molar-refractivity contribution in [2.75, 3.05) is 0 Å². The van der Waals surface area contributed by atoms with Crippen LogP contribution < -0.4 is 0 Å². The van der Waals surface area contributed by atoms with Gasteiger partial charge in [0.2, 0.25) is 0 Å². The SMILES string of the molecule is CC[C@H]1CC[C@H]2[C@@H]3CC[C@H]4CCCC(C)[C@]4(C)[C@H]3CC[C@]12C. The molecule has 4 aliphatic carbocycles. The lowest BCUT2D eigenvalue weighted by atomic mass is 9.43. The van der Waals surface area contributed by atoms with E-state index in [0.717, 1.165) is 35.5 Å². The second-order valence-corrected chi connectivity index (χ2v) is 10.1. The minimum atomic E-state index is 0.687. The zero-order valence-corrected chi connectivity index (χ0v) is 15.5. The molecule has 0 amide bonds. The maximum absolute atomic E-state index is 2.73. The summed E-state index contributed by atoms with van der Waals surface area (Å²) in [7, 11) is 0. The van der Waals surface area contributed by atoms with Crippen molar-refractivity contribution < 1.29 is 0 Å². The van der Waals surface area contributed by atoms with Crippen LogP contribution in [-0.4, -0.2) is 0 Å². The quantitative estimate of drug-likeness (QED) is 0.506. The molecule has 0 saturated heterocycles. The van der Waals surface area contributed by atoms with Gasteiger partial charge < -0.3 is 0 Å². The molecule has 4 fully saturated rings. The van der Waals surface area contributed by atoms with Gasteiger partial charge in [0.1, 0.15) is 0 Å². The molecule has 126 valence electrons. The molecule has 0 aromatic carbocycles. The van der Waals surface area contributed by atoms with E-state index < -0.39 is 0 Å². The topological polar surface area (TPSA) is 0 Å². The molecule has 4 saturated carbocycles. The summed E-state index contributed by atoms with van der Waals surface area (Å²) >= 11 is 0. The highest BCUT2D eigenvalue weighted by atomic mass is 14.6. The van der Waals surface area contributed by atoms with Gasteiger partial charge in [-0.15, -0.1) is 0 Å². The lowest BCUT2D eigenvalue weighted by molar-refractivity contribution is -0.133. The van der Waals surface area contributed by atoms with Crippen LogP contribution >= 0.6 is 0 Å². The van der Waals surface area contributed by atoms with Crippen molar-refractivity contribution in [3.05, 3.63) is 0 Å². The average Bonchev–Trinajstić information content (AvgIpc) is 2.85. The first-order valence-corrected chi connectivity index (χ1v) is 10.5. The van der Waals surface area contributed by atoms with Crippen LogP contribution in [0.3, 0.4) is 0 Å². The third-order valence-electron chi connectivity index (χ3n) is 9.90. The van der Waals surface area contributed by atoms with Crippen molar-refractivity contribution >= 4 is 0 Å². The zero-order chi connectivity index (χ0) is 15.5. The first-order valence-electron chi connectivity index (χ1n) is 10.5. The monoisotopic (exact) mass is 302 g/mol. The third kappa shape index (κ3) is 1.88. The van der Waals surface area contributed by atoms with Crippen LogP contribution in [0.5, 0.6) is 0 Å². The van der Waals surface area contributed by atoms with Gasteiger partial charge in [-0.25, -0.2) is 0 Å². The number of hydrogen-bond acceptors (Lipinski definition) is 0. The van der Waals surface area contributed by atoms with Crippen molar-refractivity contribution in [1.29, 1.82) is 0 Å². The lowest BCUT2D eigenvalue weighted by Crippen LogP contribution is -2.55. The van der Waals surface area contributed by atoms with Gasteiger partial charge in [0.05, 0.1) is 0 Å². The first kappa shape index (κ1) is 15.5. The highest BCUT2D eigenvalue weighted by Crippen LogP contribution is 2.68. The van der Waals surface area contributed by atoms with E-state index in [9.17, 15) is 0 Å². The predicted octanol–water partition coefficient (Wildman–Crippen LogP) is 6.69. The molecule has 0 radical (unpaired) electrons. The highest BCUT2D eigenvalue weighted by molar-refractivity contribution is 5.09. The molecule has 8 atom stereocenters. The number of hydrogen-bond donors (Lipinski definition) is 0. The van der Waals surface area contributed by atoms with Crippen LogP contribution in [-0.2, 0) is 0 Å². The van der Waals surface area contributed by atoms with Crippen molar-refractivity contribution in [2.45, 2.75) is 91.9 Å².